The van der Waals surface area contributed by atoms with Gasteiger partial charge in [-0.25, -0.2) is 0 Å². The maximum absolute atomic E-state index is 4.81. The van der Waals surface area contributed by atoms with E-state index in [1.807, 2.05) is 0 Å². The summed E-state index contributed by atoms with van der Waals surface area (Å²) in [6.45, 7) is 4.33. The number of aromatic amines is 1. The molecule has 0 amide bonds. The molecule has 21 heavy (non-hydrogen) atoms. The van der Waals surface area contributed by atoms with Crippen molar-refractivity contribution < 1.29 is 0 Å². The van der Waals surface area contributed by atoms with Crippen LogP contribution in [0.3, 0.4) is 0 Å². The van der Waals surface area contributed by atoms with Crippen molar-refractivity contribution in [1.82, 2.24) is 9.88 Å². The minimum Gasteiger partial charge on any atom is -0.349 e. The molecular formula is C15H20N2S4. The van der Waals surface area contributed by atoms with Gasteiger partial charge in [-0.2, -0.15) is 0 Å². The van der Waals surface area contributed by atoms with Crippen molar-refractivity contribution in [3.8, 4) is 0 Å². The quantitative estimate of drug-likeness (QED) is 0.508. The molecule has 1 N–H and O–H groups in total. The highest BCUT2D eigenvalue weighted by atomic mass is 32.1. The molecule has 0 saturated carbocycles. The molecular weight excluding hydrogens is 336 g/mol. The first-order valence-corrected chi connectivity index (χ1v) is 8.93. The van der Waals surface area contributed by atoms with E-state index in [9.17, 15) is 0 Å². The molecule has 1 unspecified atom stereocenters. The van der Waals surface area contributed by atoms with Gasteiger partial charge in [-0.3, -0.25) is 0 Å². The molecule has 1 aromatic heterocycles. The molecule has 1 fully saturated rings. The van der Waals surface area contributed by atoms with E-state index in [2.05, 4.69) is 61.7 Å². The van der Waals surface area contributed by atoms with E-state index in [1.54, 1.807) is 0 Å². The molecule has 2 nitrogen and oxygen atoms in total. The van der Waals surface area contributed by atoms with Gasteiger partial charge in [0.05, 0.1) is 10.5 Å². The molecule has 0 radical (unpaired) electrons. The van der Waals surface area contributed by atoms with Gasteiger partial charge in [0.25, 0.3) is 0 Å². The van der Waals surface area contributed by atoms with Crippen molar-refractivity contribution in [2.75, 3.05) is 20.1 Å². The van der Waals surface area contributed by atoms with Crippen molar-refractivity contribution in [2.24, 2.45) is 0 Å². The average Bonchev–Trinajstić information content (AvgIpc) is 3.00. The van der Waals surface area contributed by atoms with Crippen molar-refractivity contribution in [3.63, 3.8) is 0 Å². The van der Waals surface area contributed by atoms with E-state index in [1.165, 1.54) is 16.5 Å². The third-order valence-corrected chi connectivity index (χ3v) is 6.40. The third kappa shape index (κ3) is 2.53. The zero-order valence-electron chi connectivity index (χ0n) is 12.1. The van der Waals surface area contributed by atoms with Crippen LogP contribution < -0.4 is 0 Å². The predicted octanol–water partition coefficient (Wildman–Crippen LogP) is 4.30. The monoisotopic (exact) mass is 356 g/mol. The molecule has 0 spiro atoms. The van der Waals surface area contributed by atoms with E-state index in [0.29, 0.717) is 5.92 Å². The molecule has 1 atom stereocenters. The van der Waals surface area contributed by atoms with Gasteiger partial charge in [-0.1, -0.05) is 6.92 Å². The molecule has 1 aromatic carbocycles. The largest absolute Gasteiger partial charge is 0.349 e. The van der Waals surface area contributed by atoms with E-state index in [-0.39, 0.29) is 0 Å². The molecule has 2 heterocycles. The SMILES string of the molecule is CCc1c(S)c(S)c2[nH]c(S)c(C3CCN(C)C3)c2c1S. The molecule has 1 aliphatic heterocycles. The van der Waals surface area contributed by atoms with Crippen LogP contribution in [0.15, 0.2) is 19.7 Å². The lowest BCUT2D eigenvalue weighted by Gasteiger charge is -2.15. The number of likely N-dealkylation sites (N-methyl/N-ethyl adjacent to an activating group) is 1. The Labute approximate surface area is 147 Å². The first kappa shape index (κ1) is 16.0. The van der Waals surface area contributed by atoms with Crippen molar-refractivity contribution in [2.45, 2.75) is 45.4 Å². The van der Waals surface area contributed by atoms with Gasteiger partial charge in [0, 0.05) is 32.5 Å². The first-order valence-electron chi connectivity index (χ1n) is 7.14. The number of likely N-dealkylation sites (tertiary alicyclic amines) is 1. The number of aromatic nitrogens is 1. The maximum Gasteiger partial charge on any atom is 0.0738 e. The van der Waals surface area contributed by atoms with Gasteiger partial charge in [0.1, 0.15) is 0 Å². The zero-order valence-corrected chi connectivity index (χ0v) is 15.7. The minimum absolute atomic E-state index is 0.505. The summed E-state index contributed by atoms with van der Waals surface area (Å²) >= 11 is 18.8. The molecule has 2 aromatic rings. The Hall–Kier alpha value is 0.120. The minimum atomic E-state index is 0.505. The first-order chi connectivity index (χ1) is 9.95. The van der Waals surface area contributed by atoms with E-state index in [4.69, 9.17) is 12.6 Å². The smallest absolute Gasteiger partial charge is 0.0738 e. The topological polar surface area (TPSA) is 19.0 Å². The predicted molar refractivity (Wildman–Crippen MR) is 102 cm³/mol. The lowest BCUT2D eigenvalue weighted by molar-refractivity contribution is 0.411. The van der Waals surface area contributed by atoms with Crippen LogP contribution in [0.4, 0.5) is 0 Å². The van der Waals surface area contributed by atoms with Crippen LogP contribution in [0.25, 0.3) is 10.9 Å². The zero-order chi connectivity index (χ0) is 15.3. The fourth-order valence-corrected chi connectivity index (χ4v) is 5.03. The summed E-state index contributed by atoms with van der Waals surface area (Å²) in [6, 6.07) is 0. The highest BCUT2D eigenvalue weighted by molar-refractivity contribution is 7.84. The van der Waals surface area contributed by atoms with Crippen LogP contribution in [-0.4, -0.2) is 30.0 Å². The summed E-state index contributed by atoms with van der Waals surface area (Å²) in [4.78, 5) is 8.60. The van der Waals surface area contributed by atoms with Crippen LogP contribution in [0, 0.1) is 0 Å². The molecule has 0 bridgehead atoms. The summed E-state index contributed by atoms with van der Waals surface area (Å²) in [6.07, 6.45) is 2.06. The molecule has 6 heteroatoms. The van der Waals surface area contributed by atoms with Crippen LogP contribution in [-0.2, 0) is 6.42 Å². The van der Waals surface area contributed by atoms with Gasteiger partial charge in [-0.15, -0.1) is 50.5 Å². The summed E-state index contributed by atoms with van der Waals surface area (Å²) in [5.74, 6) is 0.505. The molecule has 1 aliphatic rings. The Balaban J connectivity index is 2.30. The van der Waals surface area contributed by atoms with Crippen molar-refractivity contribution in [1.29, 1.82) is 0 Å². The Bertz CT molecular complexity index is 708. The van der Waals surface area contributed by atoms with Crippen molar-refractivity contribution in [3.05, 3.63) is 11.1 Å². The Morgan fingerprint density at radius 2 is 1.86 bits per heavy atom. The molecule has 3 rings (SSSR count). The Morgan fingerprint density at radius 1 is 1.14 bits per heavy atom. The summed E-state index contributed by atoms with van der Waals surface area (Å²) < 4.78 is 0. The Kier molecular flexibility index (Phi) is 4.54. The second-order valence-electron chi connectivity index (χ2n) is 5.76. The standard InChI is InChI=1S/C15H20N2S4/c1-3-8-12(18)10-9(7-4-5-17(2)6-7)15(21)16-11(10)14(20)13(8)19/h7,16,18-21H,3-6H2,1-2H3. The lowest BCUT2D eigenvalue weighted by Crippen LogP contribution is -2.13. The normalized spacial score (nSPS) is 19.8. The number of H-pyrrole nitrogens is 1. The van der Waals surface area contributed by atoms with Gasteiger partial charge in [0.15, 0.2) is 0 Å². The van der Waals surface area contributed by atoms with Gasteiger partial charge in [0.2, 0.25) is 0 Å². The van der Waals surface area contributed by atoms with Gasteiger partial charge < -0.3 is 9.88 Å². The average molecular weight is 357 g/mol. The summed E-state index contributed by atoms with van der Waals surface area (Å²) in [7, 11) is 2.17. The second kappa shape index (κ2) is 5.96. The van der Waals surface area contributed by atoms with Crippen LogP contribution in [0.5, 0.6) is 0 Å². The number of thiol groups is 4. The number of benzene rings is 1. The summed E-state index contributed by atoms with van der Waals surface area (Å²) in [5.41, 5.74) is 3.47. The van der Waals surface area contributed by atoms with Gasteiger partial charge in [-0.05, 0) is 37.6 Å². The van der Waals surface area contributed by atoms with E-state index < -0.39 is 0 Å². The number of nitrogens with one attached hydrogen (secondary N) is 1. The van der Waals surface area contributed by atoms with Crippen LogP contribution >= 0.6 is 50.5 Å². The number of hydrogen-bond acceptors (Lipinski definition) is 5. The van der Waals surface area contributed by atoms with Gasteiger partial charge >= 0.3 is 0 Å². The van der Waals surface area contributed by atoms with E-state index in [0.717, 1.165) is 51.2 Å². The fourth-order valence-electron chi connectivity index (χ4n) is 3.35. The molecule has 114 valence electrons. The maximum atomic E-state index is 4.81. The second-order valence-corrected chi connectivity index (χ2v) is 7.55. The molecule has 0 aliphatic carbocycles. The van der Waals surface area contributed by atoms with E-state index >= 15 is 0 Å². The van der Waals surface area contributed by atoms with Crippen LogP contribution in [0.1, 0.15) is 30.4 Å². The third-order valence-electron chi connectivity index (χ3n) is 4.44. The Morgan fingerprint density at radius 3 is 2.43 bits per heavy atom. The number of fused-ring (bicyclic) bond motifs is 1. The number of hydrogen-bond donors (Lipinski definition) is 5. The fraction of sp³-hybridized carbons (Fsp3) is 0.467. The van der Waals surface area contributed by atoms with Crippen molar-refractivity contribution >= 4 is 61.4 Å². The van der Waals surface area contributed by atoms with Crippen LogP contribution in [0.2, 0.25) is 0 Å². The molecule has 1 saturated heterocycles. The number of nitrogens with zero attached hydrogens (tertiary/aromatic N) is 1. The highest BCUT2D eigenvalue weighted by Gasteiger charge is 2.28. The summed E-state index contributed by atoms with van der Waals surface area (Å²) in [5, 5.41) is 2.13. The lowest BCUT2D eigenvalue weighted by atomic mass is 9.96. The number of rotatable bonds is 2. The highest BCUT2D eigenvalue weighted by Crippen LogP contribution is 2.44.